The van der Waals surface area contributed by atoms with Crippen LogP contribution in [0, 0.1) is 0 Å². The van der Waals surface area contributed by atoms with Crippen molar-refractivity contribution in [3.63, 3.8) is 0 Å². The van der Waals surface area contributed by atoms with E-state index >= 15 is 0 Å². The van der Waals surface area contributed by atoms with Gasteiger partial charge < -0.3 is 15.2 Å². The summed E-state index contributed by atoms with van der Waals surface area (Å²) in [6.07, 6.45) is 0. The second-order valence-electron chi connectivity index (χ2n) is 4.14. The highest BCUT2D eigenvalue weighted by molar-refractivity contribution is 5.85. The van der Waals surface area contributed by atoms with Crippen LogP contribution < -0.4 is 15.4 Å². The van der Waals surface area contributed by atoms with E-state index in [0.29, 0.717) is 17.9 Å². The molecule has 0 spiro atoms. The Morgan fingerprint density at radius 3 is 2.94 bits per heavy atom. The van der Waals surface area contributed by atoms with Crippen LogP contribution in [0.1, 0.15) is 18.5 Å². The van der Waals surface area contributed by atoms with Gasteiger partial charge in [-0.3, -0.25) is 10.1 Å². The van der Waals surface area contributed by atoms with Crippen LogP contribution in [0.15, 0.2) is 18.2 Å². The molecule has 5 nitrogen and oxygen atoms in total. The standard InChI is InChI=1S/C12H16N2O3/c1-7-6-13-12(16)10(14-7)8-4-3-5-9(17-2)11(8)15/h3-5,7,10,14-15H,6H2,1-2H3,(H,13,16). The van der Waals surface area contributed by atoms with Crippen molar-refractivity contribution >= 4 is 5.91 Å². The summed E-state index contributed by atoms with van der Waals surface area (Å²) < 4.78 is 5.03. The maximum atomic E-state index is 11.8. The SMILES string of the molecule is COc1cccc(C2NC(C)CNC2=O)c1O. The highest BCUT2D eigenvalue weighted by atomic mass is 16.5. The van der Waals surface area contributed by atoms with Gasteiger partial charge in [-0.2, -0.15) is 0 Å². The van der Waals surface area contributed by atoms with Crippen LogP contribution in [0.2, 0.25) is 0 Å². The smallest absolute Gasteiger partial charge is 0.241 e. The first-order valence-corrected chi connectivity index (χ1v) is 5.53. The third-order valence-electron chi connectivity index (χ3n) is 2.86. The molecule has 5 heteroatoms. The number of hydrogen-bond donors (Lipinski definition) is 3. The molecule has 1 aliphatic rings. The molecule has 1 saturated heterocycles. The average molecular weight is 236 g/mol. The van der Waals surface area contributed by atoms with Crippen molar-refractivity contribution in [1.82, 2.24) is 10.6 Å². The number of aromatic hydroxyl groups is 1. The summed E-state index contributed by atoms with van der Waals surface area (Å²) in [5, 5.41) is 15.9. The molecule has 0 aliphatic carbocycles. The van der Waals surface area contributed by atoms with Crippen molar-refractivity contribution in [2.45, 2.75) is 19.0 Å². The van der Waals surface area contributed by atoms with Crippen LogP contribution in [0.5, 0.6) is 11.5 Å². The van der Waals surface area contributed by atoms with Crippen molar-refractivity contribution < 1.29 is 14.6 Å². The summed E-state index contributed by atoms with van der Waals surface area (Å²) in [6, 6.07) is 4.76. The van der Waals surface area contributed by atoms with Gasteiger partial charge in [-0.15, -0.1) is 0 Å². The summed E-state index contributed by atoms with van der Waals surface area (Å²) in [6.45, 7) is 2.57. The van der Waals surface area contributed by atoms with Gasteiger partial charge in [0.25, 0.3) is 0 Å². The highest BCUT2D eigenvalue weighted by Crippen LogP contribution is 2.34. The number of hydrogen-bond acceptors (Lipinski definition) is 4. The number of carbonyl (C=O) groups is 1. The van der Waals surface area contributed by atoms with Crippen LogP contribution >= 0.6 is 0 Å². The predicted molar refractivity (Wildman–Crippen MR) is 63.0 cm³/mol. The highest BCUT2D eigenvalue weighted by Gasteiger charge is 2.29. The van der Waals surface area contributed by atoms with E-state index in [0.717, 1.165) is 0 Å². The van der Waals surface area contributed by atoms with E-state index < -0.39 is 6.04 Å². The zero-order valence-electron chi connectivity index (χ0n) is 9.86. The number of piperazine rings is 1. The number of para-hydroxylation sites is 1. The Labute approximate surface area is 99.8 Å². The Kier molecular flexibility index (Phi) is 3.19. The minimum absolute atomic E-state index is 0.0109. The molecule has 2 rings (SSSR count). The zero-order valence-corrected chi connectivity index (χ0v) is 9.86. The molecule has 3 N–H and O–H groups in total. The molecule has 17 heavy (non-hydrogen) atoms. The Bertz CT molecular complexity index is 434. The molecule has 1 aromatic carbocycles. The number of carbonyl (C=O) groups excluding carboxylic acids is 1. The summed E-state index contributed by atoms with van der Waals surface area (Å²) >= 11 is 0. The molecule has 0 radical (unpaired) electrons. The monoisotopic (exact) mass is 236 g/mol. The number of ether oxygens (including phenoxy) is 1. The lowest BCUT2D eigenvalue weighted by molar-refractivity contribution is -0.125. The quantitative estimate of drug-likeness (QED) is 0.701. The lowest BCUT2D eigenvalue weighted by Gasteiger charge is -2.29. The van der Waals surface area contributed by atoms with Gasteiger partial charge in [0.15, 0.2) is 11.5 Å². The van der Waals surface area contributed by atoms with E-state index in [1.54, 1.807) is 18.2 Å². The second kappa shape index (κ2) is 4.63. The Hall–Kier alpha value is -1.75. The number of phenolic OH excluding ortho intramolecular Hbond substituents is 1. The maximum Gasteiger partial charge on any atom is 0.241 e. The molecule has 1 aliphatic heterocycles. The summed E-state index contributed by atoms with van der Waals surface area (Å²) in [7, 11) is 1.48. The Balaban J connectivity index is 2.35. The first-order valence-electron chi connectivity index (χ1n) is 5.53. The number of methoxy groups -OCH3 is 1. The zero-order chi connectivity index (χ0) is 12.4. The number of phenols is 1. The molecular weight excluding hydrogens is 220 g/mol. The first-order chi connectivity index (χ1) is 8.13. The summed E-state index contributed by atoms with van der Waals surface area (Å²) in [5.74, 6) is 0.249. The average Bonchev–Trinajstić information content (AvgIpc) is 2.33. The minimum Gasteiger partial charge on any atom is -0.504 e. The number of rotatable bonds is 2. The molecule has 1 fully saturated rings. The first kappa shape index (κ1) is 11.7. The molecule has 0 bridgehead atoms. The summed E-state index contributed by atoms with van der Waals surface area (Å²) in [4.78, 5) is 11.8. The predicted octanol–water partition coefficient (Wildman–Crippen LogP) is 0.550. The minimum atomic E-state index is -0.533. The third kappa shape index (κ3) is 2.19. The van der Waals surface area contributed by atoms with E-state index in [1.807, 2.05) is 6.92 Å². The third-order valence-corrected chi connectivity index (χ3v) is 2.86. The van der Waals surface area contributed by atoms with Gasteiger partial charge in [0.05, 0.1) is 7.11 Å². The second-order valence-corrected chi connectivity index (χ2v) is 4.14. The molecule has 1 aromatic rings. The van der Waals surface area contributed by atoms with Gasteiger partial charge >= 0.3 is 0 Å². The van der Waals surface area contributed by atoms with Gasteiger partial charge in [0.1, 0.15) is 6.04 Å². The number of nitrogens with one attached hydrogen (secondary N) is 2. The van der Waals surface area contributed by atoms with Crippen LogP contribution in [-0.2, 0) is 4.79 Å². The summed E-state index contributed by atoms with van der Waals surface area (Å²) in [5.41, 5.74) is 0.536. The molecule has 1 amide bonds. The van der Waals surface area contributed by atoms with Crippen molar-refractivity contribution in [2.24, 2.45) is 0 Å². The molecule has 0 aromatic heterocycles. The van der Waals surface area contributed by atoms with Crippen LogP contribution in [0.4, 0.5) is 0 Å². The topological polar surface area (TPSA) is 70.6 Å². The van der Waals surface area contributed by atoms with E-state index in [4.69, 9.17) is 4.74 Å². The fourth-order valence-corrected chi connectivity index (χ4v) is 1.94. The van der Waals surface area contributed by atoms with Crippen LogP contribution in [0.3, 0.4) is 0 Å². The number of benzene rings is 1. The fraction of sp³-hybridized carbons (Fsp3) is 0.417. The Morgan fingerprint density at radius 2 is 2.24 bits per heavy atom. The molecule has 1 heterocycles. The van der Waals surface area contributed by atoms with Crippen molar-refractivity contribution in [3.8, 4) is 11.5 Å². The van der Waals surface area contributed by atoms with Gasteiger partial charge in [-0.05, 0) is 13.0 Å². The van der Waals surface area contributed by atoms with E-state index in [1.165, 1.54) is 7.11 Å². The van der Waals surface area contributed by atoms with E-state index in [9.17, 15) is 9.90 Å². The van der Waals surface area contributed by atoms with Crippen LogP contribution in [0.25, 0.3) is 0 Å². The van der Waals surface area contributed by atoms with Gasteiger partial charge in [-0.25, -0.2) is 0 Å². The maximum absolute atomic E-state index is 11.8. The molecule has 2 unspecified atom stereocenters. The van der Waals surface area contributed by atoms with E-state index in [2.05, 4.69) is 10.6 Å². The normalized spacial score (nSPS) is 24.2. The Morgan fingerprint density at radius 1 is 1.47 bits per heavy atom. The van der Waals surface area contributed by atoms with E-state index in [-0.39, 0.29) is 17.7 Å². The van der Waals surface area contributed by atoms with Crippen molar-refractivity contribution in [2.75, 3.05) is 13.7 Å². The molecular formula is C12H16N2O3. The number of amides is 1. The van der Waals surface area contributed by atoms with Gasteiger partial charge in [0, 0.05) is 18.2 Å². The fourth-order valence-electron chi connectivity index (χ4n) is 1.94. The lowest BCUT2D eigenvalue weighted by Crippen LogP contribution is -2.52. The van der Waals surface area contributed by atoms with Gasteiger partial charge in [0.2, 0.25) is 5.91 Å². The molecule has 92 valence electrons. The van der Waals surface area contributed by atoms with Crippen molar-refractivity contribution in [3.05, 3.63) is 23.8 Å². The van der Waals surface area contributed by atoms with Crippen molar-refractivity contribution in [1.29, 1.82) is 0 Å². The molecule has 2 atom stereocenters. The largest absolute Gasteiger partial charge is 0.504 e. The van der Waals surface area contributed by atoms with Crippen LogP contribution in [-0.4, -0.2) is 30.7 Å². The van der Waals surface area contributed by atoms with Gasteiger partial charge in [-0.1, -0.05) is 12.1 Å². The molecule has 0 saturated carbocycles. The lowest BCUT2D eigenvalue weighted by atomic mass is 10.0.